The van der Waals surface area contributed by atoms with Gasteiger partial charge in [0, 0.05) is 20.1 Å². The third-order valence-electron chi connectivity index (χ3n) is 3.70. The number of hydrogen-bond acceptors (Lipinski definition) is 4. The van der Waals surface area contributed by atoms with Gasteiger partial charge in [0.2, 0.25) is 5.95 Å². The van der Waals surface area contributed by atoms with Gasteiger partial charge < -0.3 is 9.64 Å². The first-order valence-electron chi connectivity index (χ1n) is 6.68. The van der Waals surface area contributed by atoms with Gasteiger partial charge in [-0.3, -0.25) is 9.36 Å². The molecule has 112 valence electrons. The molecule has 0 amide bonds. The van der Waals surface area contributed by atoms with Crippen LogP contribution in [0.4, 0.5) is 10.3 Å². The smallest absolute Gasteiger partial charge is 0.262 e. The average Bonchev–Trinajstić information content (AvgIpc) is 2.50. The molecule has 0 saturated carbocycles. The molecule has 2 aromatic rings. The first-order chi connectivity index (χ1) is 10.0. The molecule has 5 nitrogen and oxygen atoms in total. The summed E-state index contributed by atoms with van der Waals surface area (Å²) in [5, 5.41) is 0.417. The number of benzene rings is 1. The van der Waals surface area contributed by atoms with E-state index >= 15 is 0 Å². The minimum absolute atomic E-state index is 0.176. The zero-order valence-electron chi connectivity index (χ0n) is 11.8. The number of ether oxygens (including phenoxy) is 1. The van der Waals surface area contributed by atoms with Crippen molar-refractivity contribution >= 4 is 32.8 Å². The molecule has 1 saturated heterocycles. The Bertz CT molecular complexity index is 769. The summed E-state index contributed by atoms with van der Waals surface area (Å²) in [7, 11) is 1.69. The van der Waals surface area contributed by atoms with Crippen molar-refractivity contribution in [2.75, 3.05) is 31.2 Å². The summed E-state index contributed by atoms with van der Waals surface area (Å²) in [6.45, 7) is 4.15. The van der Waals surface area contributed by atoms with E-state index in [-0.39, 0.29) is 15.8 Å². The number of morpholine rings is 1. The van der Waals surface area contributed by atoms with Crippen LogP contribution in [0.3, 0.4) is 0 Å². The lowest BCUT2D eigenvalue weighted by molar-refractivity contribution is 0.121. The summed E-state index contributed by atoms with van der Waals surface area (Å²) in [6.07, 6.45) is 0. The van der Waals surface area contributed by atoms with Gasteiger partial charge in [-0.2, -0.15) is 0 Å². The summed E-state index contributed by atoms with van der Waals surface area (Å²) in [5.74, 6) is 0.163. The summed E-state index contributed by atoms with van der Waals surface area (Å²) in [5.41, 5.74) is 0.611. The first kappa shape index (κ1) is 14.5. The van der Waals surface area contributed by atoms with Gasteiger partial charge in [0.1, 0.15) is 5.82 Å². The molecule has 1 aliphatic heterocycles. The highest BCUT2D eigenvalue weighted by Crippen LogP contribution is 2.27. The molecular formula is C14H15BrFN3O2. The van der Waals surface area contributed by atoms with Crippen LogP contribution in [-0.4, -0.2) is 35.9 Å². The number of anilines is 1. The number of aromatic nitrogens is 2. The van der Waals surface area contributed by atoms with Crippen molar-refractivity contribution in [3.63, 3.8) is 0 Å². The van der Waals surface area contributed by atoms with Crippen molar-refractivity contribution in [1.29, 1.82) is 0 Å². The topological polar surface area (TPSA) is 47.4 Å². The van der Waals surface area contributed by atoms with Crippen molar-refractivity contribution < 1.29 is 9.13 Å². The van der Waals surface area contributed by atoms with Crippen molar-refractivity contribution in [3.05, 3.63) is 32.3 Å². The van der Waals surface area contributed by atoms with Gasteiger partial charge >= 0.3 is 0 Å². The zero-order chi connectivity index (χ0) is 15.1. The van der Waals surface area contributed by atoms with Crippen molar-refractivity contribution in [3.8, 4) is 0 Å². The number of hydrogen-bond donors (Lipinski definition) is 0. The fraction of sp³-hybridized carbons (Fsp3) is 0.429. The monoisotopic (exact) mass is 355 g/mol. The van der Waals surface area contributed by atoms with Crippen LogP contribution in [-0.2, 0) is 11.8 Å². The van der Waals surface area contributed by atoms with E-state index in [0.717, 1.165) is 0 Å². The van der Waals surface area contributed by atoms with Crippen molar-refractivity contribution in [2.24, 2.45) is 7.05 Å². The fourth-order valence-corrected chi connectivity index (χ4v) is 3.12. The molecule has 21 heavy (non-hydrogen) atoms. The Labute approximate surface area is 129 Å². The molecule has 0 radical (unpaired) electrons. The molecule has 0 spiro atoms. The third kappa shape index (κ3) is 2.34. The van der Waals surface area contributed by atoms with E-state index in [4.69, 9.17) is 4.74 Å². The predicted octanol–water partition coefficient (Wildman–Crippen LogP) is 1.98. The summed E-state index contributed by atoms with van der Waals surface area (Å²) >= 11 is 3.22. The maximum atomic E-state index is 14.0. The van der Waals surface area contributed by atoms with E-state index in [9.17, 15) is 9.18 Å². The predicted molar refractivity (Wildman–Crippen MR) is 82.4 cm³/mol. The quantitative estimate of drug-likeness (QED) is 0.784. The maximum absolute atomic E-state index is 14.0. The van der Waals surface area contributed by atoms with Crippen LogP contribution in [0.2, 0.25) is 0 Å². The Morgan fingerprint density at radius 2 is 2.05 bits per heavy atom. The summed E-state index contributed by atoms with van der Waals surface area (Å²) in [4.78, 5) is 19.0. The van der Waals surface area contributed by atoms with Crippen LogP contribution < -0.4 is 10.5 Å². The highest BCUT2D eigenvalue weighted by atomic mass is 79.9. The molecule has 0 bridgehead atoms. The van der Waals surface area contributed by atoms with Crippen molar-refractivity contribution in [2.45, 2.75) is 6.92 Å². The molecule has 1 aromatic carbocycles. The van der Waals surface area contributed by atoms with E-state index in [1.807, 2.05) is 4.90 Å². The Hall–Kier alpha value is -1.47. The van der Waals surface area contributed by atoms with Crippen LogP contribution in [0.5, 0.6) is 0 Å². The van der Waals surface area contributed by atoms with Gasteiger partial charge in [0.15, 0.2) is 0 Å². The molecule has 2 heterocycles. The zero-order valence-corrected chi connectivity index (χ0v) is 13.4. The largest absolute Gasteiger partial charge is 0.378 e. The summed E-state index contributed by atoms with van der Waals surface area (Å²) in [6, 6.07) is 1.55. The first-order valence-corrected chi connectivity index (χ1v) is 7.48. The number of rotatable bonds is 1. The van der Waals surface area contributed by atoms with Crippen LogP contribution in [0.15, 0.2) is 15.3 Å². The van der Waals surface area contributed by atoms with Gasteiger partial charge in [-0.25, -0.2) is 9.37 Å². The van der Waals surface area contributed by atoms with E-state index in [2.05, 4.69) is 20.9 Å². The Morgan fingerprint density at radius 1 is 1.38 bits per heavy atom. The van der Waals surface area contributed by atoms with Gasteiger partial charge in [-0.15, -0.1) is 0 Å². The molecule has 1 aromatic heterocycles. The highest BCUT2D eigenvalue weighted by molar-refractivity contribution is 9.10. The number of halogens is 2. The standard InChI is InChI=1S/C14H15BrFN3O2/c1-8-7-9-12(10(15)11(8)16)17-14(18(2)13(9)20)19-3-5-21-6-4-19/h7H,3-6H2,1-2H3. The number of nitrogens with zero attached hydrogens (tertiary/aromatic N) is 3. The molecule has 1 fully saturated rings. The lowest BCUT2D eigenvalue weighted by atomic mass is 10.1. The molecule has 3 rings (SSSR count). The van der Waals surface area contributed by atoms with Crippen LogP contribution >= 0.6 is 15.9 Å². The number of fused-ring (bicyclic) bond motifs is 1. The van der Waals surface area contributed by atoms with E-state index in [0.29, 0.717) is 48.7 Å². The molecule has 0 atom stereocenters. The molecule has 0 aliphatic carbocycles. The van der Waals surface area contributed by atoms with Crippen LogP contribution in [0, 0.1) is 12.7 Å². The average molecular weight is 356 g/mol. The normalized spacial score (nSPS) is 15.7. The SMILES string of the molecule is Cc1cc2c(=O)n(C)c(N3CCOCC3)nc2c(Br)c1F. The van der Waals surface area contributed by atoms with Gasteiger partial charge in [0.05, 0.1) is 28.6 Å². The van der Waals surface area contributed by atoms with Gasteiger partial charge in [-0.05, 0) is 34.5 Å². The fourth-order valence-electron chi connectivity index (χ4n) is 2.51. The van der Waals surface area contributed by atoms with E-state index < -0.39 is 0 Å². The van der Waals surface area contributed by atoms with Crippen LogP contribution in [0.1, 0.15) is 5.56 Å². The maximum Gasteiger partial charge on any atom is 0.262 e. The van der Waals surface area contributed by atoms with E-state index in [1.54, 1.807) is 20.0 Å². The lowest BCUT2D eigenvalue weighted by Gasteiger charge is -2.29. The Balaban J connectivity index is 2.28. The van der Waals surface area contributed by atoms with Gasteiger partial charge in [-0.1, -0.05) is 0 Å². The van der Waals surface area contributed by atoms with Gasteiger partial charge in [0.25, 0.3) is 5.56 Å². The lowest BCUT2D eigenvalue weighted by Crippen LogP contribution is -2.40. The molecule has 1 aliphatic rings. The second-order valence-corrected chi connectivity index (χ2v) is 5.89. The molecule has 7 heteroatoms. The Kier molecular flexibility index (Phi) is 3.71. The Morgan fingerprint density at radius 3 is 2.71 bits per heavy atom. The van der Waals surface area contributed by atoms with Crippen molar-refractivity contribution in [1.82, 2.24) is 9.55 Å². The minimum Gasteiger partial charge on any atom is -0.378 e. The van der Waals surface area contributed by atoms with E-state index in [1.165, 1.54) is 4.57 Å². The third-order valence-corrected chi connectivity index (χ3v) is 4.43. The van der Waals surface area contributed by atoms with Crippen LogP contribution in [0.25, 0.3) is 10.9 Å². The minimum atomic E-state index is -0.379. The second kappa shape index (κ2) is 5.38. The number of aryl methyl sites for hydroxylation is 1. The molecule has 0 unspecified atom stereocenters. The highest BCUT2D eigenvalue weighted by Gasteiger charge is 2.20. The second-order valence-electron chi connectivity index (χ2n) is 5.09. The summed E-state index contributed by atoms with van der Waals surface area (Å²) < 4.78 is 21.1. The molecule has 0 N–H and O–H groups in total. The molecular weight excluding hydrogens is 341 g/mol.